The normalized spacial score (nSPS) is 12.3. The molecular weight excluding hydrogens is 390 g/mol. The largest absolute Gasteiger partial charge is 0.479 e. The van der Waals surface area contributed by atoms with Crippen molar-refractivity contribution in [1.82, 2.24) is 15.1 Å². The molecule has 0 bridgehead atoms. The second kappa shape index (κ2) is 8.33. The van der Waals surface area contributed by atoms with Gasteiger partial charge in [0.1, 0.15) is 11.8 Å². The van der Waals surface area contributed by atoms with Crippen molar-refractivity contribution >= 4 is 5.91 Å². The lowest BCUT2D eigenvalue weighted by Gasteiger charge is -2.07. The van der Waals surface area contributed by atoms with Crippen LogP contribution in [0.15, 0.2) is 42.5 Å². The van der Waals surface area contributed by atoms with Crippen LogP contribution in [0.5, 0.6) is 5.75 Å². The minimum atomic E-state index is -0.959. The summed E-state index contributed by atoms with van der Waals surface area (Å²) in [7, 11) is 0. The molecule has 0 fully saturated rings. The van der Waals surface area contributed by atoms with Gasteiger partial charge in [-0.15, -0.1) is 0 Å². The Morgan fingerprint density at radius 1 is 1.20 bits per heavy atom. The first-order valence-corrected chi connectivity index (χ1v) is 9.50. The number of halogens is 2. The fraction of sp³-hybridized carbons (Fsp3) is 0.227. The summed E-state index contributed by atoms with van der Waals surface area (Å²) in [5.74, 6) is -1.68. The van der Waals surface area contributed by atoms with E-state index < -0.39 is 11.6 Å². The molecule has 2 aromatic carbocycles. The number of rotatable bonds is 6. The number of hydrogen-bond donors (Lipinski definition) is 1. The molecule has 30 heavy (non-hydrogen) atoms. The van der Waals surface area contributed by atoms with Crippen molar-refractivity contribution in [1.29, 1.82) is 5.26 Å². The predicted molar refractivity (Wildman–Crippen MR) is 104 cm³/mol. The Kier molecular flexibility index (Phi) is 5.44. The Morgan fingerprint density at radius 2 is 2.07 bits per heavy atom. The zero-order chi connectivity index (χ0) is 21.1. The molecule has 0 radical (unpaired) electrons. The molecule has 0 atom stereocenters. The van der Waals surface area contributed by atoms with E-state index in [2.05, 4.69) is 10.4 Å². The Balaban J connectivity index is 1.54. The molecule has 8 heteroatoms. The van der Waals surface area contributed by atoms with E-state index in [1.807, 2.05) is 12.1 Å². The number of amides is 1. The van der Waals surface area contributed by atoms with Gasteiger partial charge in [-0.1, -0.05) is 12.1 Å². The number of carbonyl (C=O) groups excluding carboxylic acids is 1. The van der Waals surface area contributed by atoms with Crippen LogP contribution in [0.25, 0.3) is 5.69 Å². The minimum Gasteiger partial charge on any atom is -0.479 e. The van der Waals surface area contributed by atoms with Gasteiger partial charge in [0.05, 0.1) is 5.69 Å². The highest BCUT2D eigenvalue weighted by Crippen LogP contribution is 2.28. The summed E-state index contributed by atoms with van der Waals surface area (Å²) in [4.78, 5) is 12.8. The summed E-state index contributed by atoms with van der Waals surface area (Å²) >= 11 is 0. The SMILES string of the molecule is N#CCOc1cccc(CNC(=O)c2nn(-c3ccc(F)c(F)c3)c3c2CCC3)c1. The number of nitrogens with one attached hydrogen (secondary N) is 1. The minimum absolute atomic E-state index is 0.0522. The molecule has 0 spiro atoms. The maximum Gasteiger partial charge on any atom is 0.272 e. The maximum atomic E-state index is 13.7. The molecule has 3 aromatic rings. The lowest BCUT2D eigenvalue weighted by atomic mass is 10.1. The second-order valence-corrected chi connectivity index (χ2v) is 6.91. The maximum absolute atomic E-state index is 13.7. The lowest BCUT2D eigenvalue weighted by Crippen LogP contribution is -2.24. The van der Waals surface area contributed by atoms with Gasteiger partial charge in [0, 0.05) is 23.9 Å². The van der Waals surface area contributed by atoms with Gasteiger partial charge >= 0.3 is 0 Å². The third-order valence-electron chi connectivity index (χ3n) is 4.95. The third-order valence-corrected chi connectivity index (χ3v) is 4.95. The van der Waals surface area contributed by atoms with E-state index in [0.717, 1.165) is 35.4 Å². The van der Waals surface area contributed by atoms with E-state index in [-0.39, 0.29) is 19.1 Å². The lowest BCUT2D eigenvalue weighted by molar-refractivity contribution is 0.0944. The molecule has 1 heterocycles. The van der Waals surface area contributed by atoms with Crippen LogP contribution in [-0.2, 0) is 19.4 Å². The van der Waals surface area contributed by atoms with Crippen LogP contribution in [0.3, 0.4) is 0 Å². The molecule has 1 N–H and O–H groups in total. The van der Waals surface area contributed by atoms with E-state index >= 15 is 0 Å². The molecule has 4 rings (SSSR count). The van der Waals surface area contributed by atoms with Crippen LogP contribution >= 0.6 is 0 Å². The van der Waals surface area contributed by atoms with Crippen LogP contribution in [0, 0.1) is 23.0 Å². The summed E-state index contributed by atoms with van der Waals surface area (Å²) in [6.45, 7) is 0.207. The van der Waals surface area contributed by atoms with Gasteiger partial charge in [-0.05, 0) is 49.1 Å². The Morgan fingerprint density at radius 3 is 2.87 bits per heavy atom. The standard InChI is InChI=1S/C22H18F2N4O2/c23-18-8-7-15(12-19(18)24)28-20-6-2-5-17(20)21(27-28)22(29)26-13-14-3-1-4-16(11-14)30-10-9-25/h1,3-4,7-8,11-12H,2,5-6,10,13H2,(H,26,29). The number of aromatic nitrogens is 2. The Hall–Kier alpha value is -3.73. The molecule has 6 nitrogen and oxygen atoms in total. The Labute approximate surface area is 171 Å². The number of nitriles is 1. The van der Waals surface area contributed by atoms with Gasteiger partial charge in [-0.2, -0.15) is 10.4 Å². The summed E-state index contributed by atoms with van der Waals surface area (Å²) < 4.78 is 33.8. The Bertz CT molecular complexity index is 1150. The second-order valence-electron chi connectivity index (χ2n) is 6.91. The molecule has 1 amide bonds. The monoisotopic (exact) mass is 408 g/mol. The van der Waals surface area contributed by atoms with Crippen molar-refractivity contribution in [3.8, 4) is 17.5 Å². The summed E-state index contributed by atoms with van der Waals surface area (Å²) in [6, 6.07) is 12.6. The molecule has 0 saturated heterocycles. The van der Waals surface area contributed by atoms with Crippen molar-refractivity contribution in [2.75, 3.05) is 6.61 Å². The summed E-state index contributed by atoms with van der Waals surface area (Å²) in [5.41, 5.74) is 3.18. The smallest absolute Gasteiger partial charge is 0.272 e. The molecular formula is C22H18F2N4O2. The van der Waals surface area contributed by atoms with Gasteiger partial charge < -0.3 is 10.1 Å². The summed E-state index contributed by atoms with van der Waals surface area (Å²) in [6.07, 6.45) is 2.29. The van der Waals surface area contributed by atoms with Crippen LogP contribution < -0.4 is 10.1 Å². The molecule has 0 aliphatic heterocycles. The highest BCUT2D eigenvalue weighted by Gasteiger charge is 2.27. The van der Waals surface area contributed by atoms with Gasteiger partial charge in [-0.3, -0.25) is 4.79 Å². The molecule has 0 saturated carbocycles. The van der Waals surface area contributed by atoms with Crippen molar-refractivity contribution in [2.45, 2.75) is 25.8 Å². The zero-order valence-corrected chi connectivity index (χ0v) is 16.0. The number of benzene rings is 2. The van der Waals surface area contributed by atoms with E-state index in [1.54, 1.807) is 18.2 Å². The van der Waals surface area contributed by atoms with E-state index in [9.17, 15) is 13.6 Å². The average molecular weight is 408 g/mol. The summed E-state index contributed by atoms with van der Waals surface area (Å²) in [5, 5.41) is 15.9. The average Bonchev–Trinajstić information content (AvgIpc) is 3.36. The predicted octanol–water partition coefficient (Wildman–Crippen LogP) is 3.47. The van der Waals surface area contributed by atoms with Crippen molar-refractivity contribution in [3.63, 3.8) is 0 Å². The number of hydrogen-bond acceptors (Lipinski definition) is 4. The van der Waals surface area contributed by atoms with Crippen molar-refractivity contribution < 1.29 is 18.3 Å². The molecule has 1 aromatic heterocycles. The first-order chi connectivity index (χ1) is 14.6. The third kappa shape index (κ3) is 3.87. The molecule has 152 valence electrons. The fourth-order valence-electron chi connectivity index (χ4n) is 3.58. The van der Waals surface area contributed by atoms with E-state index in [0.29, 0.717) is 30.0 Å². The first kappa shape index (κ1) is 19.6. The van der Waals surface area contributed by atoms with Gasteiger partial charge in [0.15, 0.2) is 23.9 Å². The number of fused-ring (bicyclic) bond motifs is 1. The van der Waals surface area contributed by atoms with Crippen LogP contribution in [0.1, 0.15) is 33.7 Å². The van der Waals surface area contributed by atoms with E-state index in [1.165, 1.54) is 10.7 Å². The van der Waals surface area contributed by atoms with Crippen LogP contribution in [-0.4, -0.2) is 22.3 Å². The number of carbonyl (C=O) groups is 1. The topological polar surface area (TPSA) is 79.9 Å². The van der Waals surface area contributed by atoms with Crippen LogP contribution in [0.4, 0.5) is 8.78 Å². The van der Waals surface area contributed by atoms with Gasteiger partial charge in [0.2, 0.25) is 0 Å². The number of ether oxygens (including phenoxy) is 1. The quantitative estimate of drug-likeness (QED) is 0.677. The van der Waals surface area contributed by atoms with Crippen LogP contribution in [0.2, 0.25) is 0 Å². The van der Waals surface area contributed by atoms with Gasteiger partial charge in [-0.25, -0.2) is 13.5 Å². The molecule has 0 unspecified atom stereocenters. The number of nitrogens with zero attached hydrogens (tertiary/aromatic N) is 3. The van der Waals surface area contributed by atoms with E-state index in [4.69, 9.17) is 10.00 Å². The molecule has 1 aliphatic rings. The van der Waals surface area contributed by atoms with Crippen molar-refractivity contribution in [3.05, 3.63) is 76.6 Å². The highest BCUT2D eigenvalue weighted by molar-refractivity contribution is 5.94. The fourth-order valence-corrected chi connectivity index (χ4v) is 3.58. The molecule has 1 aliphatic carbocycles. The van der Waals surface area contributed by atoms with Crippen molar-refractivity contribution in [2.24, 2.45) is 0 Å². The first-order valence-electron chi connectivity index (χ1n) is 9.50. The zero-order valence-electron chi connectivity index (χ0n) is 16.0. The van der Waals surface area contributed by atoms with Gasteiger partial charge in [0.25, 0.3) is 5.91 Å². The highest BCUT2D eigenvalue weighted by atomic mass is 19.2.